The van der Waals surface area contributed by atoms with Crippen LogP contribution in [0, 0.1) is 17.8 Å². The molecule has 73 heavy (non-hydrogen) atoms. The third-order valence-electron chi connectivity index (χ3n) is 13.1. The first-order chi connectivity index (χ1) is 35.0. The Morgan fingerprint density at radius 2 is 0.890 bits per heavy atom. The summed E-state index contributed by atoms with van der Waals surface area (Å²) in [5.74, 6) is 0.387. The van der Waals surface area contributed by atoms with Crippen molar-refractivity contribution in [3.8, 4) is 0 Å². The number of rotatable bonds is 32. The number of ketones is 1. The quantitative estimate of drug-likeness (QED) is 0.0282. The summed E-state index contributed by atoms with van der Waals surface area (Å²) >= 11 is 0. The first kappa shape index (κ1) is 59.0. The molecule has 2 aromatic heterocycles. The number of fused-ring (bicyclic) bond motifs is 2. The molecular weight excluding hydrogens is 929 g/mol. The molecule has 20 nitrogen and oxygen atoms in total. The fourth-order valence-electron chi connectivity index (χ4n) is 8.66. The molecule has 0 aliphatic carbocycles. The highest BCUT2D eigenvalue weighted by Gasteiger charge is 2.23. The van der Waals surface area contributed by atoms with Gasteiger partial charge in [0.1, 0.15) is 5.78 Å². The molecule has 4 rings (SSSR count). The number of H-pyrrole nitrogens is 2. The first-order valence-corrected chi connectivity index (χ1v) is 26.3. The zero-order valence-electron chi connectivity index (χ0n) is 44.0. The topological polar surface area (TPSA) is 306 Å². The number of unbranched alkanes of at least 4 members (excludes halogenated alkanes) is 2. The summed E-state index contributed by atoms with van der Waals surface area (Å²) in [6, 6.07) is 12.0. The summed E-state index contributed by atoms with van der Waals surface area (Å²) in [6.45, 7) is 13.5. The molecule has 0 radical (unpaired) electrons. The maximum absolute atomic E-state index is 13.7. The van der Waals surface area contributed by atoms with E-state index in [0.29, 0.717) is 51.7 Å². The highest BCUT2D eigenvalue weighted by molar-refractivity contribution is 5.84. The lowest BCUT2D eigenvalue weighted by molar-refractivity contribution is -0.117. The monoisotopic (exact) mass is 1010 g/mol. The van der Waals surface area contributed by atoms with Crippen molar-refractivity contribution in [2.45, 2.75) is 136 Å². The Morgan fingerprint density at radius 3 is 1.37 bits per heavy atom. The summed E-state index contributed by atoms with van der Waals surface area (Å²) in [4.78, 5) is 84.7. The van der Waals surface area contributed by atoms with Crippen molar-refractivity contribution in [2.24, 2.45) is 29.2 Å². The molecule has 0 saturated heterocycles. The van der Waals surface area contributed by atoms with Crippen LogP contribution in [0.25, 0.3) is 21.8 Å². The second kappa shape index (κ2) is 31.8. The van der Waals surface area contributed by atoms with Crippen molar-refractivity contribution in [2.75, 3.05) is 45.8 Å². The highest BCUT2D eigenvalue weighted by Crippen LogP contribution is 2.21. The average molecular weight is 1020 g/mol. The summed E-state index contributed by atoms with van der Waals surface area (Å²) in [5.41, 5.74) is 15.7. The van der Waals surface area contributed by atoms with Crippen molar-refractivity contribution >= 4 is 57.7 Å². The van der Waals surface area contributed by atoms with Gasteiger partial charge in [-0.05, 0) is 106 Å². The number of urea groups is 5. The van der Waals surface area contributed by atoms with E-state index in [1.807, 2.05) is 82.6 Å². The van der Waals surface area contributed by atoms with E-state index in [-0.39, 0.29) is 73.9 Å². The van der Waals surface area contributed by atoms with Gasteiger partial charge in [0.25, 0.3) is 0 Å². The van der Waals surface area contributed by atoms with Gasteiger partial charge in [-0.15, -0.1) is 0 Å². The molecule has 6 atom stereocenters. The number of carbonyl (C=O) groups excluding carboxylic acids is 6. The molecule has 0 aliphatic heterocycles. The van der Waals surface area contributed by atoms with Crippen LogP contribution in [-0.2, 0) is 17.6 Å². The van der Waals surface area contributed by atoms with E-state index in [2.05, 4.69) is 76.1 Å². The number of Topliss-reactive ketones (excluding diaryl/α,β-unsaturated/α-hetero) is 1. The molecule has 20 heteroatoms. The van der Waals surface area contributed by atoms with Gasteiger partial charge in [-0.3, -0.25) is 0 Å². The zero-order chi connectivity index (χ0) is 53.1. The van der Waals surface area contributed by atoms with Crippen molar-refractivity contribution in [3.05, 3.63) is 72.1 Å². The number of aromatic nitrogens is 2. The molecule has 2 aromatic carbocycles. The molecule has 0 saturated carbocycles. The lowest BCUT2D eigenvalue weighted by atomic mass is 9.98. The van der Waals surface area contributed by atoms with Crippen molar-refractivity contribution in [3.63, 3.8) is 0 Å². The van der Waals surface area contributed by atoms with Gasteiger partial charge in [0.05, 0.1) is 12.1 Å². The van der Waals surface area contributed by atoms with Gasteiger partial charge in [-0.25, -0.2) is 24.0 Å². The minimum absolute atomic E-state index is 0.0182. The number of nitrogens with two attached hydrogens (primary N) is 2. The molecular formula is C53H86N14O6. The Kier molecular flexibility index (Phi) is 25.7. The second-order valence-corrected chi connectivity index (χ2v) is 20.1. The summed E-state index contributed by atoms with van der Waals surface area (Å²) < 4.78 is 0. The lowest BCUT2D eigenvalue weighted by Crippen LogP contribution is -2.55. The van der Waals surface area contributed by atoms with Crippen LogP contribution < -0.4 is 64.6 Å². The van der Waals surface area contributed by atoms with Crippen LogP contribution in [0.5, 0.6) is 0 Å². The molecule has 16 N–H and O–H groups in total. The number of amides is 10. The van der Waals surface area contributed by atoms with E-state index in [4.69, 9.17) is 11.5 Å². The van der Waals surface area contributed by atoms with E-state index in [1.165, 1.54) is 17.9 Å². The number of nitrogens with one attached hydrogen (secondary N) is 12. The Labute approximate surface area is 431 Å². The van der Waals surface area contributed by atoms with Crippen LogP contribution in [0.4, 0.5) is 24.0 Å². The van der Waals surface area contributed by atoms with E-state index in [9.17, 15) is 28.8 Å². The fraction of sp³-hybridized carbons (Fsp3) is 0.585. The van der Waals surface area contributed by atoms with Crippen LogP contribution in [0.15, 0.2) is 60.9 Å². The summed E-state index contributed by atoms with van der Waals surface area (Å²) in [5, 5.41) is 31.8. The van der Waals surface area contributed by atoms with Gasteiger partial charge in [0.15, 0.2) is 0 Å². The number of benzene rings is 2. The molecule has 0 bridgehead atoms. The van der Waals surface area contributed by atoms with E-state index in [0.717, 1.165) is 54.1 Å². The fourth-order valence-corrected chi connectivity index (χ4v) is 8.66. The predicted octanol–water partition coefficient (Wildman–Crippen LogP) is 5.35. The van der Waals surface area contributed by atoms with Gasteiger partial charge >= 0.3 is 30.2 Å². The summed E-state index contributed by atoms with van der Waals surface area (Å²) in [6.07, 6.45) is 10.1. The molecule has 0 aliphatic rings. The standard InChI is InChI=1S/C53H86N14O6/c1-34(2)45(22-21-37(6)68)66-53(73)60-31-41(16-12-14-24-55)63-49(69)61-32-42(26-39-29-57-47-20-10-8-18-44(39)47)65-50(70)59-30-40(15-11-13-23-54)64-51(71)62-33-48(35(3)4)67-52(72)58-27-36(5)25-38-28-56-46-19-9-7-17-43(38)46/h7-10,17-20,28-29,34-36,40-42,45,48,56-57H,11-16,21-27,30-33,54-55H2,1-6H3,(H2,58,67,72)(H2,59,65,70)(H2,60,66,73)(H2,61,63,69)(H2,62,64,71)/t36-,40-,41-,42-,45+,48+/m0/s1. The van der Waals surface area contributed by atoms with Gasteiger partial charge in [0.2, 0.25) is 0 Å². The number of carbonyl (C=O) groups is 6. The van der Waals surface area contributed by atoms with Gasteiger partial charge in [-0.2, -0.15) is 0 Å². The van der Waals surface area contributed by atoms with Gasteiger partial charge < -0.3 is 79.4 Å². The minimum atomic E-state index is -0.556. The third-order valence-corrected chi connectivity index (χ3v) is 13.1. The first-order valence-electron chi connectivity index (χ1n) is 26.3. The SMILES string of the molecule is CC(=O)CC[C@@H](NC(=O)NC[C@H](CCCCN)NC(=O)NC[C@H](Cc1c[nH]c2ccccc12)NC(=O)NC[C@H](CCCCN)NC(=O)NC[C@@H](NC(=O)NC[C@@H](C)Cc1c[nH]c2ccccc12)C(C)C)C(C)C. The van der Waals surface area contributed by atoms with E-state index < -0.39 is 36.2 Å². The molecule has 404 valence electrons. The van der Waals surface area contributed by atoms with Gasteiger partial charge in [0, 0.05) is 91.5 Å². The lowest BCUT2D eigenvalue weighted by Gasteiger charge is -2.25. The maximum Gasteiger partial charge on any atom is 0.315 e. The molecule has 10 amide bonds. The predicted molar refractivity (Wildman–Crippen MR) is 290 cm³/mol. The summed E-state index contributed by atoms with van der Waals surface area (Å²) in [7, 11) is 0. The van der Waals surface area contributed by atoms with E-state index in [1.54, 1.807) is 0 Å². The normalized spacial score (nSPS) is 13.8. The van der Waals surface area contributed by atoms with Crippen molar-refractivity contribution < 1.29 is 28.8 Å². The Morgan fingerprint density at radius 1 is 0.479 bits per heavy atom. The van der Waals surface area contributed by atoms with Crippen LogP contribution >= 0.6 is 0 Å². The van der Waals surface area contributed by atoms with Crippen LogP contribution in [0.1, 0.15) is 104 Å². The number of para-hydroxylation sites is 2. The smallest absolute Gasteiger partial charge is 0.315 e. The Hall–Kier alpha value is -6.54. The number of hydrogen-bond acceptors (Lipinski definition) is 8. The molecule has 0 fully saturated rings. The number of aromatic amines is 2. The largest absolute Gasteiger partial charge is 0.361 e. The van der Waals surface area contributed by atoms with Crippen LogP contribution in [-0.4, -0.2) is 122 Å². The average Bonchev–Trinajstić information content (AvgIpc) is 3.96. The maximum atomic E-state index is 13.7. The van der Waals surface area contributed by atoms with Crippen molar-refractivity contribution in [1.29, 1.82) is 0 Å². The molecule has 0 spiro atoms. The molecule has 2 heterocycles. The minimum Gasteiger partial charge on any atom is -0.361 e. The second-order valence-electron chi connectivity index (χ2n) is 20.1. The highest BCUT2D eigenvalue weighted by atomic mass is 16.2. The Balaban J connectivity index is 1.31. The third kappa shape index (κ3) is 22.0. The Bertz CT molecular complexity index is 2320. The van der Waals surface area contributed by atoms with Crippen molar-refractivity contribution in [1.82, 2.24) is 63.1 Å². The zero-order valence-corrected chi connectivity index (χ0v) is 44.0. The van der Waals surface area contributed by atoms with Gasteiger partial charge in [-0.1, -0.05) is 83.9 Å². The molecule has 0 unspecified atom stereocenters. The van der Waals surface area contributed by atoms with Crippen LogP contribution in [0.2, 0.25) is 0 Å². The van der Waals surface area contributed by atoms with Crippen LogP contribution in [0.3, 0.4) is 0 Å². The number of hydrogen-bond donors (Lipinski definition) is 14. The molecule has 4 aromatic rings. The van der Waals surface area contributed by atoms with E-state index >= 15 is 0 Å².